The van der Waals surface area contributed by atoms with Crippen molar-refractivity contribution < 1.29 is 14.6 Å². The van der Waals surface area contributed by atoms with Crippen LogP contribution in [0.1, 0.15) is 17.5 Å². The van der Waals surface area contributed by atoms with Crippen molar-refractivity contribution in [2.75, 3.05) is 11.6 Å². The third kappa shape index (κ3) is 3.16. The van der Waals surface area contributed by atoms with Crippen LogP contribution >= 0.6 is 0 Å². The molecule has 0 bridgehead atoms. The fourth-order valence-corrected chi connectivity index (χ4v) is 2.51. The second-order valence-corrected chi connectivity index (χ2v) is 5.14. The first-order chi connectivity index (χ1) is 10.2. The molecule has 0 spiro atoms. The molecule has 3 rings (SSSR count). The van der Waals surface area contributed by atoms with E-state index >= 15 is 0 Å². The maximum Gasteiger partial charge on any atom is 0.303 e. The van der Waals surface area contributed by atoms with Crippen LogP contribution in [0.4, 0.5) is 5.69 Å². The summed E-state index contributed by atoms with van der Waals surface area (Å²) in [4.78, 5) is 12.8. The molecule has 0 atom stereocenters. The van der Waals surface area contributed by atoms with Gasteiger partial charge in [0.25, 0.3) is 0 Å². The van der Waals surface area contributed by atoms with Gasteiger partial charge in [0.15, 0.2) is 6.73 Å². The number of anilines is 1. The number of aryl methyl sites for hydroxylation is 1. The van der Waals surface area contributed by atoms with Crippen LogP contribution in [0.25, 0.3) is 0 Å². The number of ether oxygens (including phenoxy) is 1. The van der Waals surface area contributed by atoms with Gasteiger partial charge in [-0.15, -0.1) is 0 Å². The highest BCUT2D eigenvalue weighted by Gasteiger charge is 2.17. The van der Waals surface area contributed by atoms with E-state index in [1.54, 1.807) is 0 Å². The number of aliphatic carboxylic acids is 1. The number of para-hydroxylation sites is 1. The average molecular weight is 283 g/mol. The molecule has 4 heteroatoms. The average Bonchev–Trinajstić information content (AvgIpc) is 2.53. The zero-order chi connectivity index (χ0) is 14.7. The van der Waals surface area contributed by atoms with E-state index in [1.165, 1.54) is 0 Å². The maximum atomic E-state index is 10.7. The molecule has 0 saturated heterocycles. The van der Waals surface area contributed by atoms with Gasteiger partial charge in [0, 0.05) is 24.2 Å². The van der Waals surface area contributed by atoms with Crippen LogP contribution in [0.15, 0.2) is 48.5 Å². The van der Waals surface area contributed by atoms with Gasteiger partial charge < -0.3 is 14.7 Å². The highest BCUT2D eigenvalue weighted by Crippen LogP contribution is 2.29. The molecule has 0 aliphatic carbocycles. The van der Waals surface area contributed by atoms with Crippen molar-refractivity contribution in [1.29, 1.82) is 0 Å². The lowest BCUT2D eigenvalue weighted by molar-refractivity contribution is -0.136. The highest BCUT2D eigenvalue weighted by atomic mass is 16.5. The summed E-state index contributed by atoms with van der Waals surface area (Å²) in [6.07, 6.45) is 0.704. The van der Waals surface area contributed by atoms with E-state index in [2.05, 4.69) is 17.0 Å². The summed E-state index contributed by atoms with van der Waals surface area (Å²) in [6, 6.07) is 16.1. The fourth-order valence-electron chi connectivity index (χ4n) is 2.51. The van der Waals surface area contributed by atoms with Crippen molar-refractivity contribution >= 4 is 11.7 Å². The van der Waals surface area contributed by atoms with Gasteiger partial charge in [-0.25, -0.2) is 0 Å². The number of rotatable bonds is 4. The molecule has 0 unspecified atom stereocenters. The van der Waals surface area contributed by atoms with Gasteiger partial charge in [-0.3, -0.25) is 4.79 Å². The van der Waals surface area contributed by atoms with Gasteiger partial charge >= 0.3 is 5.97 Å². The molecule has 1 aliphatic rings. The van der Waals surface area contributed by atoms with Crippen molar-refractivity contribution in [3.8, 4) is 5.75 Å². The van der Waals surface area contributed by atoms with Crippen LogP contribution in [0.5, 0.6) is 5.75 Å². The monoisotopic (exact) mass is 283 g/mol. The molecule has 21 heavy (non-hydrogen) atoms. The third-order valence-corrected chi connectivity index (χ3v) is 3.61. The van der Waals surface area contributed by atoms with Gasteiger partial charge in [-0.05, 0) is 30.2 Å². The molecular formula is C17H17NO3. The molecule has 2 aromatic carbocycles. The second-order valence-electron chi connectivity index (χ2n) is 5.14. The summed E-state index contributed by atoms with van der Waals surface area (Å²) in [5.41, 5.74) is 3.27. The molecule has 4 nitrogen and oxygen atoms in total. The fraction of sp³-hybridized carbons (Fsp3) is 0.235. The van der Waals surface area contributed by atoms with Crippen LogP contribution in [0.2, 0.25) is 0 Å². The third-order valence-electron chi connectivity index (χ3n) is 3.61. The first-order valence-corrected chi connectivity index (χ1v) is 6.99. The summed E-state index contributed by atoms with van der Waals surface area (Å²) < 4.78 is 5.78. The quantitative estimate of drug-likeness (QED) is 0.937. The minimum Gasteiger partial charge on any atom is -0.481 e. The standard InChI is InChI=1S/C17H17NO3/c19-17(20)9-7-13-6-8-16-14(10-13)11-18(12-21-16)15-4-2-1-3-5-15/h1-6,8,10H,7,9,11-12H2,(H,19,20). The number of hydrogen-bond donors (Lipinski definition) is 1. The van der Waals surface area contributed by atoms with Crippen molar-refractivity contribution in [2.45, 2.75) is 19.4 Å². The zero-order valence-electron chi connectivity index (χ0n) is 11.7. The molecule has 2 aromatic rings. The molecule has 1 aliphatic heterocycles. The maximum absolute atomic E-state index is 10.7. The van der Waals surface area contributed by atoms with Crippen molar-refractivity contribution in [2.24, 2.45) is 0 Å². The Morgan fingerprint density at radius 1 is 1.19 bits per heavy atom. The Labute approximate surface area is 123 Å². The number of hydrogen-bond acceptors (Lipinski definition) is 3. The Morgan fingerprint density at radius 3 is 2.76 bits per heavy atom. The lowest BCUT2D eigenvalue weighted by Gasteiger charge is -2.31. The first-order valence-electron chi connectivity index (χ1n) is 6.99. The van der Waals surface area contributed by atoms with E-state index in [9.17, 15) is 4.79 Å². The SMILES string of the molecule is O=C(O)CCc1ccc2c(c1)CN(c1ccccc1)CO2. The summed E-state index contributed by atoms with van der Waals surface area (Å²) in [7, 11) is 0. The van der Waals surface area contributed by atoms with Crippen LogP contribution in [0, 0.1) is 0 Å². The Bertz CT molecular complexity index is 640. The summed E-state index contributed by atoms with van der Waals surface area (Å²) in [5, 5.41) is 8.77. The highest BCUT2D eigenvalue weighted by molar-refractivity contribution is 5.67. The van der Waals surface area contributed by atoms with Gasteiger partial charge in [-0.1, -0.05) is 30.3 Å². The van der Waals surface area contributed by atoms with Crippen molar-refractivity contribution in [1.82, 2.24) is 0 Å². The molecular weight excluding hydrogens is 266 g/mol. The number of carbonyl (C=O) groups is 1. The van der Waals surface area contributed by atoms with Crippen LogP contribution in [-0.2, 0) is 17.8 Å². The molecule has 0 radical (unpaired) electrons. The van der Waals surface area contributed by atoms with Crippen LogP contribution < -0.4 is 9.64 Å². The van der Waals surface area contributed by atoms with Gasteiger partial charge in [0.2, 0.25) is 0 Å². The minimum absolute atomic E-state index is 0.155. The number of carboxylic acids is 1. The van der Waals surface area contributed by atoms with Gasteiger partial charge in [0.1, 0.15) is 5.75 Å². The number of benzene rings is 2. The molecule has 1 heterocycles. The van der Waals surface area contributed by atoms with Gasteiger partial charge in [0.05, 0.1) is 0 Å². The summed E-state index contributed by atoms with van der Waals surface area (Å²) in [6.45, 7) is 1.31. The summed E-state index contributed by atoms with van der Waals surface area (Å²) in [5.74, 6) is 0.121. The van der Waals surface area contributed by atoms with E-state index < -0.39 is 5.97 Å². The van der Waals surface area contributed by atoms with E-state index in [-0.39, 0.29) is 6.42 Å². The predicted molar refractivity (Wildman–Crippen MR) is 80.5 cm³/mol. The van der Waals surface area contributed by atoms with E-state index in [0.717, 1.165) is 29.1 Å². The normalized spacial score (nSPS) is 13.4. The molecule has 0 amide bonds. The molecule has 0 fully saturated rings. The Kier molecular flexibility index (Phi) is 3.77. The minimum atomic E-state index is -0.769. The van der Waals surface area contributed by atoms with E-state index in [0.29, 0.717) is 13.2 Å². The molecule has 1 N–H and O–H groups in total. The topological polar surface area (TPSA) is 49.8 Å². The van der Waals surface area contributed by atoms with E-state index in [4.69, 9.17) is 9.84 Å². The molecule has 0 aromatic heterocycles. The molecule has 0 saturated carbocycles. The Balaban J connectivity index is 1.77. The second kappa shape index (κ2) is 5.87. The Morgan fingerprint density at radius 2 is 2.00 bits per heavy atom. The van der Waals surface area contributed by atoms with Gasteiger partial charge in [-0.2, -0.15) is 0 Å². The van der Waals surface area contributed by atoms with Crippen molar-refractivity contribution in [3.05, 3.63) is 59.7 Å². The lowest BCUT2D eigenvalue weighted by atomic mass is 10.0. The summed E-state index contributed by atoms with van der Waals surface area (Å²) >= 11 is 0. The van der Waals surface area contributed by atoms with Crippen LogP contribution in [-0.4, -0.2) is 17.8 Å². The predicted octanol–water partition coefficient (Wildman–Crippen LogP) is 3.06. The van der Waals surface area contributed by atoms with Crippen molar-refractivity contribution in [3.63, 3.8) is 0 Å². The first kappa shape index (κ1) is 13.5. The number of nitrogens with zero attached hydrogens (tertiary/aromatic N) is 1. The lowest BCUT2D eigenvalue weighted by Crippen LogP contribution is -2.31. The number of carboxylic acid groups (broad SMARTS) is 1. The zero-order valence-corrected chi connectivity index (χ0v) is 11.7. The molecule has 108 valence electrons. The number of fused-ring (bicyclic) bond motifs is 1. The van der Waals surface area contributed by atoms with E-state index in [1.807, 2.05) is 36.4 Å². The Hall–Kier alpha value is -2.49. The smallest absolute Gasteiger partial charge is 0.303 e. The van der Waals surface area contributed by atoms with Crippen LogP contribution in [0.3, 0.4) is 0 Å². The largest absolute Gasteiger partial charge is 0.481 e.